The standard InChI is InChI=1S/C18H14FNO3/c1-2-11-3-9-14(10-4-11)20-17(22)15(16(21)18(20)23)12-5-7-13(19)8-6-12/h3-10,21H,2H2,1H3. The topological polar surface area (TPSA) is 57.6 Å². The molecule has 0 saturated heterocycles. The molecule has 2 aromatic carbocycles. The van der Waals surface area contributed by atoms with Gasteiger partial charge in [-0.2, -0.15) is 0 Å². The highest BCUT2D eigenvalue weighted by Gasteiger charge is 2.40. The van der Waals surface area contributed by atoms with E-state index in [4.69, 9.17) is 0 Å². The lowest BCUT2D eigenvalue weighted by Gasteiger charge is -2.15. The number of carbonyl (C=O) groups is 2. The number of carbonyl (C=O) groups excluding carboxylic acids is 2. The highest BCUT2D eigenvalue weighted by Crippen LogP contribution is 2.32. The van der Waals surface area contributed by atoms with Crippen LogP contribution in [0.1, 0.15) is 18.1 Å². The molecule has 0 saturated carbocycles. The number of benzene rings is 2. The van der Waals surface area contributed by atoms with Crippen LogP contribution >= 0.6 is 0 Å². The number of aliphatic hydroxyl groups excluding tert-OH is 1. The van der Waals surface area contributed by atoms with Gasteiger partial charge in [0.05, 0.1) is 11.3 Å². The van der Waals surface area contributed by atoms with Crippen LogP contribution in [0.25, 0.3) is 5.57 Å². The number of anilines is 1. The van der Waals surface area contributed by atoms with Crippen molar-refractivity contribution in [2.45, 2.75) is 13.3 Å². The smallest absolute Gasteiger partial charge is 0.301 e. The maximum Gasteiger partial charge on any atom is 0.301 e. The van der Waals surface area contributed by atoms with Gasteiger partial charge in [0.25, 0.3) is 5.91 Å². The summed E-state index contributed by atoms with van der Waals surface area (Å²) in [5.41, 5.74) is 1.65. The molecule has 0 aliphatic carbocycles. The van der Waals surface area contributed by atoms with Gasteiger partial charge in [-0.15, -0.1) is 0 Å². The first-order valence-corrected chi connectivity index (χ1v) is 7.20. The molecule has 0 fully saturated rings. The Balaban J connectivity index is 1.99. The molecule has 0 bridgehead atoms. The third-order valence-electron chi connectivity index (χ3n) is 3.80. The molecule has 23 heavy (non-hydrogen) atoms. The van der Waals surface area contributed by atoms with E-state index in [2.05, 4.69) is 0 Å². The van der Waals surface area contributed by atoms with Crippen molar-refractivity contribution in [1.29, 1.82) is 0 Å². The molecule has 1 aliphatic rings. The maximum atomic E-state index is 13.0. The number of aryl methyl sites for hydroxylation is 1. The lowest BCUT2D eigenvalue weighted by atomic mass is 10.1. The summed E-state index contributed by atoms with van der Waals surface area (Å²) >= 11 is 0. The van der Waals surface area contributed by atoms with E-state index in [1.807, 2.05) is 19.1 Å². The average Bonchev–Trinajstić information content (AvgIpc) is 2.78. The highest BCUT2D eigenvalue weighted by atomic mass is 19.1. The van der Waals surface area contributed by atoms with Gasteiger partial charge in [-0.25, -0.2) is 9.29 Å². The number of imide groups is 1. The van der Waals surface area contributed by atoms with Crippen molar-refractivity contribution in [3.8, 4) is 0 Å². The van der Waals surface area contributed by atoms with Crippen LogP contribution in [0.4, 0.5) is 10.1 Å². The average molecular weight is 311 g/mol. The van der Waals surface area contributed by atoms with Crippen LogP contribution in [-0.4, -0.2) is 16.9 Å². The van der Waals surface area contributed by atoms with Crippen LogP contribution in [0.2, 0.25) is 0 Å². The number of halogens is 1. The number of amides is 2. The Morgan fingerprint density at radius 3 is 2.13 bits per heavy atom. The SMILES string of the molecule is CCc1ccc(N2C(=O)C(O)=C(c3ccc(F)cc3)C2=O)cc1. The lowest BCUT2D eigenvalue weighted by Crippen LogP contribution is -2.31. The molecule has 4 nitrogen and oxygen atoms in total. The Morgan fingerprint density at radius 2 is 1.57 bits per heavy atom. The summed E-state index contributed by atoms with van der Waals surface area (Å²) < 4.78 is 13.0. The van der Waals surface area contributed by atoms with Crippen LogP contribution in [0.3, 0.4) is 0 Å². The van der Waals surface area contributed by atoms with E-state index < -0.39 is 23.4 Å². The molecule has 0 spiro atoms. The predicted molar refractivity (Wildman–Crippen MR) is 84.3 cm³/mol. The Labute approximate surface area is 132 Å². The third-order valence-corrected chi connectivity index (χ3v) is 3.80. The van der Waals surface area contributed by atoms with E-state index in [1.165, 1.54) is 24.3 Å². The van der Waals surface area contributed by atoms with Crippen LogP contribution in [0.5, 0.6) is 0 Å². The molecular formula is C18H14FNO3. The summed E-state index contributed by atoms with van der Waals surface area (Å²) in [7, 11) is 0. The summed E-state index contributed by atoms with van der Waals surface area (Å²) in [6.45, 7) is 2.00. The minimum Gasteiger partial charge on any atom is -0.502 e. The van der Waals surface area contributed by atoms with Gasteiger partial charge in [0.2, 0.25) is 0 Å². The molecule has 1 N–H and O–H groups in total. The van der Waals surface area contributed by atoms with E-state index >= 15 is 0 Å². The second kappa shape index (κ2) is 5.68. The number of aliphatic hydroxyl groups is 1. The normalized spacial score (nSPS) is 14.8. The summed E-state index contributed by atoms with van der Waals surface area (Å²) in [6.07, 6.45) is 0.840. The maximum absolute atomic E-state index is 13.0. The molecule has 0 aromatic heterocycles. The zero-order chi connectivity index (χ0) is 16.6. The molecule has 2 amide bonds. The van der Waals surface area contributed by atoms with Crippen LogP contribution in [0.15, 0.2) is 54.3 Å². The van der Waals surface area contributed by atoms with E-state index in [1.54, 1.807) is 12.1 Å². The van der Waals surface area contributed by atoms with E-state index in [-0.39, 0.29) is 5.57 Å². The molecule has 5 heteroatoms. The fraction of sp³-hybridized carbons (Fsp3) is 0.111. The van der Waals surface area contributed by atoms with Crippen LogP contribution in [-0.2, 0) is 16.0 Å². The van der Waals surface area contributed by atoms with Crippen molar-refractivity contribution in [3.63, 3.8) is 0 Å². The lowest BCUT2D eigenvalue weighted by molar-refractivity contribution is -0.121. The zero-order valence-corrected chi connectivity index (χ0v) is 12.4. The first-order valence-electron chi connectivity index (χ1n) is 7.20. The highest BCUT2D eigenvalue weighted by molar-refractivity contribution is 6.44. The number of hydrogen-bond acceptors (Lipinski definition) is 3. The van der Waals surface area contributed by atoms with Gasteiger partial charge in [-0.1, -0.05) is 31.2 Å². The van der Waals surface area contributed by atoms with Crippen molar-refractivity contribution >= 4 is 23.1 Å². The van der Waals surface area contributed by atoms with Gasteiger partial charge in [0, 0.05) is 0 Å². The molecule has 1 heterocycles. The van der Waals surface area contributed by atoms with E-state index in [0.717, 1.165) is 16.9 Å². The Morgan fingerprint density at radius 1 is 0.957 bits per heavy atom. The van der Waals surface area contributed by atoms with Crippen molar-refractivity contribution in [1.82, 2.24) is 0 Å². The van der Waals surface area contributed by atoms with E-state index in [0.29, 0.717) is 11.3 Å². The van der Waals surface area contributed by atoms with E-state index in [9.17, 15) is 19.1 Å². The Hall–Kier alpha value is -2.95. The summed E-state index contributed by atoms with van der Waals surface area (Å²) in [5.74, 6) is -2.49. The molecule has 3 rings (SSSR count). The fourth-order valence-corrected chi connectivity index (χ4v) is 2.51. The second-order valence-electron chi connectivity index (χ2n) is 5.20. The Bertz CT molecular complexity index is 807. The largest absolute Gasteiger partial charge is 0.502 e. The van der Waals surface area contributed by atoms with Crippen molar-refractivity contribution in [2.24, 2.45) is 0 Å². The summed E-state index contributed by atoms with van der Waals surface area (Å²) in [6, 6.07) is 12.0. The molecule has 0 atom stereocenters. The van der Waals surface area contributed by atoms with Crippen LogP contribution < -0.4 is 4.90 Å². The monoisotopic (exact) mass is 311 g/mol. The Kier molecular flexibility index (Phi) is 3.70. The predicted octanol–water partition coefficient (Wildman–Crippen LogP) is 3.23. The number of nitrogens with zero attached hydrogens (tertiary/aromatic N) is 1. The first kappa shape index (κ1) is 15.0. The minimum atomic E-state index is -0.779. The van der Waals surface area contributed by atoms with Crippen molar-refractivity contribution in [2.75, 3.05) is 4.90 Å². The fourth-order valence-electron chi connectivity index (χ4n) is 2.51. The van der Waals surface area contributed by atoms with Crippen LogP contribution in [0, 0.1) is 5.82 Å². The van der Waals surface area contributed by atoms with Gasteiger partial charge < -0.3 is 5.11 Å². The van der Waals surface area contributed by atoms with Gasteiger partial charge >= 0.3 is 5.91 Å². The van der Waals surface area contributed by atoms with Crippen molar-refractivity contribution in [3.05, 3.63) is 71.2 Å². The number of rotatable bonds is 3. The van der Waals surface area contributed by atoms with Gasteiger partial charge in [0.1, 0.15) is 5.82 Å². The number of hydrogen-bond donors (Lipinski definition) is 1. The molecule has 2 aromatic rings. The minimum absolute atomic E-state index is 0.116. The summed E-state index contributed by atoms with van der Waals surface area (Å²) in [4.78, 5) is 25.7. The molecule has 1 aliphatic heterocycles. The third kappa shape index (κ3) is 2.50. The van der Waals surface area contributed by atoms with Gasteiger partial charge in [0.15, 0.2) is 5.76 Å². The second-order valence-corrected chi connectivity index (χ2v) is 5.20. The van der Waals surface area contributed by atoms with Crippen molar-refractivity contribution < 1.29 is 19.1 Å². The molecule has 0 unspecified atom stereocenters. The quantitative estimate of drug-likeness (QED) is 0.885. The molecule has 0 radical (unpaired) electrons. The van der Waals surface area contributed by atoms with Gasteiger partial charge in [-0.3, -0.25) is 9.59 Å². The molecule has 116 valence electrons. The summed E-state index contributed by atoms with van der Waals surface area (Å²) in [5, 5.41) is 10.1. The zero-order valence-electron chi connectivity index (χ0n) is 12.4. The van der Waals surface area contributed by atoms with Gasteiger partial charge in [-0.05, 0) is 41.8 Å². The molecular weight excluding hydrogens is 297 g/mol. The first-order chi connectivity index (χ1) is 11.0.